The monoisotopic (exact) mass is 561 g/mol. The SMILES string of the molecule is CC(C1CCC(O[Si](c2ccccc2)(c2ccccc2)C(C)(C)C)C(NC(=O)OC(C)(C)C)C1)S(=O)(=O)O. The molecule has 0 saturated heterocycles. The lowest BCUT2D eigenvalue weighted by Gasteiger charge is -2.48. The molecule has 1 amide bonds. The Hall–Kier alpha value is -2.20. The largest absolute Gasteiger partial charge is 0.444 e. The third-order valence-corrected chi connectivity index (χ3v) is 13.8. The summed E-state index contributed by atoms with van der Waals surface area (Å²) in [5.74, 6) is -0.330. The van der Waals surface area contributed by atoms with Gasteiger partial charge in [0, 0.05) is 0 Å². The predicted octanol–water partition coefficient (Wildman–Crippen LogP) is 4.90. The van der Waals surface area contributed by atoms with Crippen LogP contribution in [0.1, 0.15) is 67.7 Å². The number of nitrogens with one attached hydrogen (secondary N) is 1. The van der Waals surface area contributed by atoms with E-state index < -0.39 is 41.4 Å². The molecule has 2 aromatic rings. The van der Waals surface area contributed by atoms with Gasteiger partial charge in [0.1, 0.15) is 5.60 Å². The Labute approximate surface area is 229 Å². The van der Waals surface area contributed by atoms with Gasteiger partial charge in [-0.2, -0.15) is 8.42 Å². The van der Waals surface area contributed by atoms with Crippen molar-refractivity contribution in [1.29, 1.82) is 0 Å². The van der Waals surface area contributed by atoms with Crippen molar-refractivity contribution in [1.82, 2.24) is 5.32 Å². The smallest absolute Gasteiger partial charge is 0.407 e. The summed E-state index contributed by atoms with van der Waals surface area (Å²) in [6, 6.07) is 20.1. The number of carbonyl (C=O) groups excluding carboxylic acids is 1. The lowest BCUT2D eigenvalue weighted by atomic mass is 9.82. The topological polar surface area (TPSA) is 102 Å². The molecule has 3 rings (SSSR count). The summed E-state index contributed by atoms with van der Waals surface area (Å²) in [5, 5.41) is 4.05. The number of hydrogen-bond acceptors (Lipinski definition) is 5. The molecule has 0 bridgehead atoms. The Bertz CT molecular complexity index is 1140. The average molecular weight is 562 g/mol. The molecule has 210 valence electrons. The molecule has 4 unspecified atom stereocenters. The highest BCUT2D eigenvalue weighted by Gasteiger charge is 2.53. The summed E-state index contributed by atoms with van der Waals surface area (Å²) in [6.45, 7) is 13.5. The third-order valence-electron chi connectivity index (χ3n) is 7.41. The minimum Gasteiger partial charge on any atom is -0.444 e. The van der Waals surface area contributed by atoms with Crippen LogP contribution >= 0.6 is 0 Å². The third kappa shape index (κ3) is 7.05. The molecule has 1 aliphatic rings. The summed E-state index contributed by atoms with van der Waals surface area (Å²) in [6.07, 6.45) is 0.492. The molecular weight excluding hydrogens is 518 g/mol. The van der Waals surface area contributed by atoms with E-state index in [0.717, 1.165) is 10.4 Å². The minimum atomic E-state index is -4.22. The number of carbonyl (C=O) groups is 1. The van der Waals surface area contributed by atoms with Crippen molar-refractivity contribution in [2.24, 2.45) is 5.92 Å². The second-order valence-electron chi connectivity index (χ2n) is 12.4. The molecule has 4 atom stereocenters. The lowest BCUT2D eigenvalue weighted by Crippen LogP contribution is -2.69. The van der Waals surface area contributed by atoms with Crippen molar-refractivity contribution < 1.29 is 26.9 Å². The van der Waals surface area contributed by atoms with Gasteiger partial charge in [-0.15, -0.1) is 0 Å². The van der Waals surface area contributed by atoms with Crippen molar-refractivity contribution in [3.05, 3.63) is 60.7 Å². The zero-order valence-electron chi connectivity index (χ0n) is 23.6. The number of hydrogen-bond donors (Lipinski definition) is 2. The molecule has 0 aliphatic heterocycles. The number of benzene rings is 2. The van der Waals surface area contributed by atoms with Crippen LogP contribution in [0.2, 0.25) is 5.04 Å². The van der Waals surface area contributed by atoms with Gasteiger partial charge in [-0.1, -0.05) is 81.4 Å². The van der Waals surface area contributed by atoms with E-state index in [9.17, 15) is 17.8 Å². The Morgan fingerprint density at radius 2 is 1.45 bits per heavy atom. The summed E-state index contributed by atoms with van der Waals surface area (Å²) in [5.41, 5.74) is -0.686. The first-order valence-corrected chi connectivity index (χ1v) is 16.7. The predicted molar refractivity (Wildman–Crippen MR) is 154 cm³/mol. The van der Waals surface area contributed by atoms with Crippen molar-refractivity contribution in [3.63, 3.8) is 0 Å². The fraction of sp³-hybridized carbons (Fsp3) is 0.552. The Morgan fingerprint density at radius 1 is 0.947 bits per heavy atom. The van der Waals surface area contributed by atoms with Crippen LogP contribution in [0.3, 0.4) is 0 Å². The molecule has 1 fully saturated rings. The quantitative estimate of drug-likeness (QED) is 0.368. The van der Waals surface area contributed by atoms with Crippen LogP contribution in [0.25, 0.3) is 0 Å². The van der Waals surface area contributed by atoms with Gasteiger partial charge in [0.2, 0.25) is 0 Å². The van der Waals surface area contributed by atoms with Crippen molar-refractivity contribution >= 4 is 34.9 Å². The molecule has 2 N–H and O–H groups in total. The van der Waals surface area contributed by atoms with Crippen molar-refractivity contribution in [3.8, 4) is 0 Å². The first-order valence-electron chi connectivity index (χ1n) is 13.3. The van der Waals surface area contributed by atoms with Gasteiger partial charge in [0.25, 0.3) is 18.4 Å². The molecular formula is C29H43NO6SSi. The zero-order chi connectivity index (χ0) is 28.4. The average Bonchev–Trinajstić information content (AvgIpc) is 2.81. The maximum atomic E-state index is 12.9. The van der Waals surface area contributed by atoms with Crippen LogP contribution in [0.5, 0.6) is 0 Å². The fourth-order valence-corrected chi connectivity index (χ4v) is 11.0. The molecule has 1 saturated carbocycles. The number of rotatable bonds is 7. The van der Waals surface area contributed by atoms with E-state index in [1.54, 1.807) is 20.8 Å². The first kappa shape index (κ1) is 30.3. The van der Waals surface area contributed by atoms with Gasteiger partial charge in [-0.25, -0.2) is 4.79 Å². The van der Waals surface area contributed by atoms with Crippen LogP contribution in [0.15, 0.2) is 60.7 Å². The van der Waals surface area contributed by atoms with Crippen molar-refractivity contribution in [2.45, 2.75) is 95.8 Å². The summed E-state index contributed by atoms with van der Waals surface area (Å²) in [7, 11) is -7.14. The van der Waals surface area contributed by atoms with Crippen LogP contribution in [-0.4, -0.2) is 50.4 Å². The molecule has 0 heterocycles. The Morgan fingerprint density at radius 3 is 1.87 bits per heavy atom. The highest BCUT2D eigenvalue weighted by atomic mass is 32.2. The Balaban J connectivity index is 2.07. The summed E-state index contributed by atoms with van der Waals surface area (Å²) < 4.78 is 46.6. The van der Waals surface area contributed by atoms with Gasteiger partial charge < -0.3 is 14.5 Å². The maximum Gasteiger partial charge on any atom is 0.407 e. The van der Waals surface area contributed by atoms with Crippen LogP contribution in [-0.2, 0) is 19.3 Å². The van der Waals surface area contributed by atoms with Crippen LogP contribution in [0.4, 0.5) is 4.79 Å². The molecule has 0 radical (unpaired) electrons. The van der Waals surface area contributed by atoms with Crippen LogP contribution < -0.4 is 15.7 Å². The highest BCUT2D eigenvalue weighted by molar-refractivity contribution is 7.86. The second-order valence-corrected chi connectivity index (χ2v) is 18.4. The van der Waals surface area contributed by atoms with Crippen molar-refractivity contribution in [2.75, 3.05) is 0 Å². The van der Waals surface area contributed by atoms with Gasteiger partial charge in [0.15, 0.2) is 0 Å². The molecule has 0 spiro atoms. The first-order chi connectivity index (χ1) is 17.5. The number of ether oxygens (including phenoxy) is 1. The second kappa shape index (κ2) is 11.5. The van der Waals surface area contributed by atoms with Gasteiger partial charge in [0.05, 0.1) is 17.4 Å². The van der Waals surface area contributed by atoms with Gasteiger partial charge in [-0.3, -0.25) is 4.55 Å². The molecule has 7 nitrogen and oxygen atoms in total. The minimum absolute atomic E-state index is 0.259. The normalized spacial score (nSPS) is 21.9. The van der Waals surface area contributed by atoms with Gasteiger partial charge in [-0.05, 0) is 68.3 Å². The fourth-order valence-electron chi connectivity index (χ4n) is 5.52. The van der Waals surface area contributed by atoms with E-state index >= 15 is 0 Å². The van der Waals surface area contributed by atoms with E-state index in [4.69, 9.17) is 9.16 Å². The molecule has 0 aromatic heterocycles. The van der Waals surface area contributed by atoms with Gasteiger partial charge >= 0.3 is 6.09 Å². The molecule has 9 heteroatoms. The van der Waals surface area contributed by atoms with E-state index in [2.05, 4.69) is 50.4 Å². The summed E-state index contributed by atoms with van der Waals surface area (Å²) >= 11 is 0. The standard InChI is InChI=1S/C29H43NO6SSi/c1-21(37(32,33)34)22-18-19-26(25(20-22)30-27(31)35-28(2,3)4)36-38(29(5,6)7,23-14-10-8-11-15-23)24-16-12-9-13-17-24/h8-17,21-22,25-26H,18-20H2,1-7H3,(H,30,31)(H,32,33,34). The van der Waals surface area contributed by atoms with E-state index in [0.29, 0.717) is 19.3 Å². The molecule has 1 aliphatic carbocycles. The molecule has 38 heavy (non-hydrogen) atoms. The zero-order valence-corrected chi connectivity index (χ0v) is 25.4. The summed E-state index contributed by atoms with van der Waals surface area (Å²) in [4.78, 5) is 12.9. The highest BCUT2D eigenvalue weighted by Crippen LogP contribution is 2.40. The van der Waals surface area contributed by atoms with E-state index in [1.165, 1.54) is 6.92 Å². The number of amides is 1. The Kier molecular flexibility index (Phi) is 9.18. The number of alkyl carbamates (subject to hydrolysis) is 1. The lowest BCUT2D eigenvalue weighted by molar-refractivity contribution is 0.0341. The van der Waals surface area contributed by atoms with Crippen LogP contribution in [0, 0.1) is 5.92 Å². The maximum absolute atomic E-state index is 12.9. The van der Waals surface area contributed by atoms with E-state index in [-0.39, 0.29) is 17.1 Å². The molecule has 2 aromatic carbocycles. The van der Waals surface area contributed by atoms with E-state index in [1.807, 2.05) is 36.4 Å².